The Labute approximate surface area is 220 Å². The molecule has 9 heteroatoms. The van der Waals surface area contributed by atoms with Gasteiger partial charge in [0.05, 0.1) is 28.8 Å². The van der Waals surface area contributed by atoms with Gasteiger partial charge in [-0.15, -0.1) is 0 Å². The number of aromatic nitrogens is 2. The molecule has 0 spiro atoms. The number of imidazole rings is 1. The Morgan fingerprint density at radius 3 is 2.66 bits per heavy atom. The zero-order valence-electron chi connectivity index (χ0n) is 21.8. The van der Waals surface area contributed by atoms with Gasteiger partial charge in [-0.05, 0) is 67.7 Å². The smallest absolute Gasteiger partial charge is 0.253 e. The molecule has 38 heavy (non-hydrogen) atoms. The number of amides is 2. The van der Waals surface area contributed by atoms with E-state index < -0.39 is 11.7 Å². The molecule has 1 aliphatic rings. The summed E-state index contributed by atoms with van der Waals surface area (Å²) < 4.78 is 15.8. The van der Waals surface area contributed by atoms with E-state index in [0.717, 1.165) is 17.6 Å². The molecular formula is C29H29FN6O2. The summed E-state index contributed by atoms with van der Waals surface area (Å²) >= 11 is 0. The molecule has 0 radical (unpaired) electrons. The van der Waals surface area contributed by atoms with Crippen LogP contribution >= 0.6 is 0 Å². The zero-order chi connectivity index (χ0) is 27.0. The van der Waals surface area contributed by atoms with Crippen molar-refractivity contribution in [3.63, 3.8) is 0 Å². The van der Waals surface area contributed by atoms with Crippen LogP contribution in [-0.4, -0.2) is 71.1 Å². The van der Waals surface area contributed by atoms with Gasteiger partial charge in [-0.25, -0.2) is 9.37 Å². The minimum Gasteiger partial charge on any atom is -0.340 e. The number of rotatable bonds is 7. The molecule has 194 valence electrons. The van der Waals surface area contributed by atoms with Gasteiger partial charge in [0.25, 0.3) is 5.91 Å². The number of nitrogens with one attached hydrogen (secondary N) is 1. The molecule has 1 unspecified atom stereocenters. The fourth-order valence-corrected chi connectivity index (χ4v) is 4.62. The second-order valence-electron chi connectivity index (χ2n) is 9.79. The monoisotopic (exact) mass is 512 g/mol. The van der Waals surface area contributed by atoms with Crippen molar-refractivity contribution in [2.75, 3.05) is 39.5 Å². The van der Waals surface area contributed by atoms with Gasteiger partial charge < -0.3 is 19.7 Å². The van der Waals surface area contributed by atoms with Crippen molar-refractivity contribution in [3.8, 4) is 0 Å². The van der Waals surface area contributed by atoms with Crippen LogP contribution in [0.3, 0.4) is 0 Å². The Morgan fingerprint density at radius 2 is 1.87 bits per heavy atom. The maximum atomic E-state index is 13.9. The maximum Gasteiger partial charge on any atom is 0.253 e. The third kappa shape index (κ3) is 4.92. The first kappa shape index (κ1) is 25.3. The van der Waals surface area contributed by atoms with Crippen molar-refractivity contribution in [1.29, 1.82) is 0 Å². The highest BCUT2D eigenvalue weighted by Crippen LogP contribution is 2.37. The Bertz CT molecular complexity index is 1570. The fraction of sp³-hybridized carbons (Fsp3) is 0.241. The maximum absolute atomic E-state index is 13.9. The van der Waals surface area contributed by atoms with Crippen LogP contribution in [0.4, 0.5) is 15.8 Å². The number of fused-ring (bicyclic) bond motifs is 2. The van der Waals surface area contributed by atoms with E-state index >= 15 is 0 Å². The average molecular weight is 513 g/mol. The predicted molar refractivity (Wildman–Crippen MR) is 147 cm³/mol. The normalized spacial score (nSPS) is 15.2. The van der Waals surface area contributed by atoms with E-state index in [0.29, 0.717) is 40.3 Å². The van der Waals surface area contributed by atoms with Crippen molar-refractivity contribution >= 4 is 39.9 Å². The molecule has 0 saturated heterocycles. The van der Waals surface area contributed by atoms with Crippen LogP contribution in [0.1, 0.15) is 27.4 Å². The minimum absolute atomic E-state index is 0.111. The number of likely N-dealkylation sites (N-methyl/N-ethyl adjacent to an activating group) is 2. The minimum atomic E-state index is -0.756. The van der Waals surface area contributed by atoms with Gasteiger partial charge in [0.15, 0.2) is 0 Å². The highest BCUT2D eigenvalue weighted by atomic mass is 19.1. The van der Waals surface area contributed by atoms with Crippen LogP contribution in [-0.2, 0) is 11.8 Å². The summed E-state index contributed by atoms with van der Waals surface area (Å²) in [6.07, 6.45) is 1.73. The van der Waals surface area contributed by atoms with Gasteiger partial charge in [-0.3, -0.25) is 14.6 Å². The number of hydrogen-bond donors (Lipinski definition) is 1. The summed E-state index contributed by atoms with van der Waals surface area (Å²) in [5.41, 5.74) is 5.03. The number of hydrogen-bond acceptors (Lipinski definition) is 5. The van der Waals surface area contributed by atoms with Gasteiger partial charge in [-0.1, -0.05) is 18.2 Å². The molecule has 4 aromatic rings. The van der Waals surface area contributed by atoms with E-state index in [-0.39, 0.29) is 11.8 Å². The molecule has 0 aliphatic carbocycles. The van der Waals surface area contributed by atoms with Crippen LogP contribution in [0.2, 0.25) is 0 Å². The Hall–Kier alpha value is -4.37. The van der Waals surface area contributed by atoms with E-state index in [1.165, 1.54) is 12.1 Å². The van der Waals surface area contributed by atoms with Gasteiger partial charge in [0.2, 0.25) is 5.91 Å². The van der Waals surface area contributed by atoms with E-state index in [1.54, 1.807) is 48.6 Å². The standard InChI is InChI=1S/C29H29FN6O2/c1-34(2)12-13-35(3)29(38)19-6-5-7-21(14-19)32-27(18-8-11-25-24(15-18)31-17-36(25)4)26-22-10-9-20(30)16-23(22)33-28(26)37/h5-11,14-17,26H,12-13H2,1-4H3,(H,33,37). The topological polar surface area (TPSA) is 82.8 Å². The number of carbonyl (C=O) groups is 2. The largest absolute Gasteiger partial charge is 0.340 e. The summed E-state index contributed by atoms with van der Waals surface area (Å²) in [5.74, 6) is -1.59. The Kier molecular flexibility index (Phi) is 6.77. The van der Waals surface area contributed by atoms with Gasteiger partial charge in [0.1, 0.15) is 11.7 Å². The molecule has 1 N–H and O–H groups in total. The van der Waals surface area contributed by atoms with Crippen LogP contribution in [0.5, 0.6) is 0 Å². The van der Waals surface area contributed by atoms with Crippen LogP contribution in [0.15, 0.2) is 72.0 Å². The molecule has 2 amide bonds. The number of anilines is 1. The van der Waals surface area contributed by atoms with E-state index in [1.807, 2.05) is 48.8 Å². The lowest BCUT2D eigenvalue weighted by molar-refractivity contribution is -0.115. The van der Waals surface area contributed by atoms with E-state index in [9.17, 15) is 14.0 Å². The first-order chi connectivity index (χ1) is 18.2. The Morgan fingerprint density at radius 1 is 1.05 bits per heavy atom. The molecule has 5 rings (SSSR count). The third-order valence-corrected chi connectivity index (χ3v) is 6.71. The fourth-order valence-electron chi connectivity index (χ4n) is 4.62. The van der Waals surface area contributed by atoms with Crippen LogP contribution in [0.25, 0.3) is 11.0 Å². The van der Waals surface area contributed by atoms with Crippen molar-refractivity contribution in [1.82, 2.24) is 19.4 Å². The van der Waals surface area contributed by atoms with Crippen molar-refractivity contribution in [3.05, 3.63) is 89.5 Å². The highest BCUT2D eigenvalue weighted by molar-refractivity contribution is 6.24. The number of nitrogens with zero attached hydrogens (tertiary/aromatic N) is 5. The number of benzene rings is 3. The summed E-state index contributed by atoms with van der Waals surface area (Å²) in [6, 6.07) is 17.1. The number of carbonyl (C=O) groups excluding carboxylic acids is 2. The van der Waals surface area contributed by atoms with Crippen molar-refractivity contribution in [2.45, 2.75) is 5.92 Å². The molecule has 3 aromatic carbocycles. The molecule has 1 aliphatic heterocycles. The van der Waals surface area contributed by atoms with Crippen molar-refractivity contribution < 1.29 is 14.0 Å². The quantitative estimate of drug-likeness (QED) is 0.376. The molecule has 0 fully saturated rings. The van der Waals surface area contributed by atoms with E-state index in [4.69, 9.17) is 4.99 Å². The third-order valence-electron chi connectivity index (χ3n) is 6.71. The molecular weight excluding hydrogens is 483 g/mol. The first-order valence-electron chi connectivity index (χ1n) is 12.3. The second kappa shape index (κ2) is 10.2. The van der Waals surface area contributed by atoms with E-state index in [2.05, 4.69) is 10.3 Å². The highest BCUT2D eigenvalue weighted by Gasteiger charge is 2.36. The predicted octanol–water partition coefficient (Wildman–Crippen LogP) is 4.20. The lowest BCUT2D eigenvalue weighted by Gasteiger charge is -2.20. The molecule has 0 bridgehead atoms. The summed E-state index contributed by atoms with van der Waals surface area (Å²) in [7, 11) is 7.61. The zero-order valence-corrected chi connectivity index (χ0v) is 21.8. The molecule has 0 saturated carbocycles. The van der Waals surface area contributed by atoms with Crippen LogP contribution in [0, 0.1) is 5.82 Å². The first-order valence-corrected chi connectivity index (χ1v) is 12.3. The molecule has 1 aromatic heterocycles. The number of halogens is 1. The second-order valence-corrected chi connectivity index (χ2v) is 9.79. The number of aliphatic imine (C=N–C) groups is 1. The molecule has 1 atom stereocenters. The lowest BCUT2D eigenvalue weighted by Crippen LogP contribution is -2.33. The summed E-state index contributed by atoms with van der Waals surface area (Å²) in [4.78, 5) is 39.4. The molecule has 2 heterocycles. The van der Waals surface area contributed by atoms with Gasteiger partial charge in [-0.2, -0.15) is 0 Å². The lowest BCUT2D eigenvalue weighted by atomic mass is 9.90. The van der Waals surface area contributed by atoms with Crippen LogP contribution < -0.4 is 5.32 Å². The molecule has 8 nitrogen and oxygen atoms in total. The SMILES string of the molecule is CN(C)CCN(C)C(=O)c1cccc(N=C(c2ccc3c(c2)ncn3C)C2C(=O)Nc3cc(F)ccc32)c1. The Balaban J connectivity index is 1.59. The summed E-state index contributed by atoms with van der Waals surface area (Å²) in [5, 5.41) is 2.79. The average Bonchev–Trinajstić information content (AvgIpc) is 3.43. The summed E-state index contributed by atoms with van der Waals surface area (Å²) in [6.45, 7) is 1.33. The van der Waals surface area contributed by atoms with Gasteiger partial charge >= 0.3 is 0 Å². The number of aryl methyl sites for hydroxylation is 1. The van der Waals surface area contributed by atoms with Crippen molar-refractivity contribution in [2.24, 2.45) is 12.0 Å². The van der Waals surface area contributed by atoms with Gasteiger partial charge in [0, 0.05) is 38.4 Å².